The molecule has 1 atom stereocenters. The first-order valence-electron chi connectivity index (χ1n) is 4.51. The minimum atomic E-state index is -1.28. The summed E-state index contributed by atoms with van der Waals surface area (Å²) in [4.78, 5) is 21.7. The summed E-state index contributed by atoms with van der Waals surface area (Å²) in [6.07, 6.45) is -0.553. The lowest BCUT2D eigenvalue weighted by Crippen LogP contribution is -2.39. The number of carbonyl (C=O) groups excluding carboxylic acids is 1. The van der Waals surface area contributed by atoms with Crippen molar-refractivity contribution >= 4 is 11.9 Å². The normalized spacial score (nSPS) is 11.8. The van der Waals surface area contributed by atoms with Crippen LogP contribution in [0.1, 0.15) is 6.42 Å². The average Bonchev–Trinajstić information content (AvgIpc) is 2.26. The molecule has 16 heavy (non-hydrogen) atoms. The van der Waals surface area contributed by atoms with Gasteiger partial charge >= 0.3 is 11.9 Å². The molecule has 0 aliphatic heterocycles. The van der Waals surface area contributed by atoms with Crippen LogP contribution in [0.25, 0.3) is 0 Å². The number of hydrogen-bond acceptors (Lipinski definition) is 5. The Hall–Kier alpha value is -1.92. The molecule has 0 saturated carbocycles. The second kappa shape index (κ2) is 5.84. The molecule has 0 saturated heterocycles. The molecule has 86 valence electrons. The van der Waals surface area contributed by atoms with Crippen LogP contribution in [0.5, 0.6) is 5.75 Å². The molecule has 0 amide bonds. The molecular weight excluding hydrogens is 214 g/mol. The van der Waals surface area contributed by atoms with Gasteiger partial charge in [-0.1, -0.05) is 18.2 Å². The number of rotatable bonds is 5. The van der Waals surface area contributed by atoms with E-state index in [2.05, 4.69) is 0 Å². The first kappa shape index (κ1) is 12.2. The van der Waals surface area contributed by atoms with Crippen molar-refractivity contribution in [1.82, 2.24) is 5.48 Å². The van der Waals surface area contributed by atoms with Gasteiger partial charge in [0.1, 0.15) is 11.8 Å². The number of carbonyl (C=O) groups is 2. The van der Waals surface area contributed by atoms with E-state index in [1.54, 1.807) is 35.8 Å². The van der Waals surface area contributed by atoms with Crippen LogP contribution < -0.4 is 10.2 Å². The maximum Gasteiger partial charge on any atom is 0.331 e. The molecule has 0 aliphatic carbocycles. The number of aliphatic carboxylic acids is 1. The minimum absolute atomic E-state index is 0.290. The molecule has 1 aromatic rings. The molecule has 6 heteroatoms. The van der Waals surface area contributed by atoms with Crippen LogP contribution in [0.2, 0.25) is 0 Å². The summed E-state index contributed by atoms with van der Waals surface area (Å²) in [7, 11) is 0. The zero-order chi connectivity index (χ0) is 12.0. The van der Waals surface area contributed by atoms with Crippen molar-refractivity contribution in [2.24, 2.45) is 0 Å². The van der Waals surface area contributed by atoms with E-state index >= 15 is 0 Å². The van der Waals surface area contributed by atoms with Crippen LogP contribution in [0.3, 0.4) is 0 Å². The lowest BCUT2D eigenvalue weighted by molar-refractivity contribution is -0.147. The Morgan fingerprint density at radius 3 is 2.44 bits per heavy atom. The van der Waals surface area contributed by atoms with E-state index in [1.165, 1.54) is 0 Å². The Bertz CT molecular complexity index is 365. The van der Waals surface area contributed by atoms with Gasteiger partial charge in [-0.25, -0.2) is 4.79 Å². The molecule has 0 aliphatic rings. The van der Waals surface area contributed by atoms with Crippen molar-refractivity contribution in [3.8, 4) is 5.75 Å². The highest BCUT2D eigenvalue weighted by atomic mass is 16.5. The van der Waals surface area contributed by atoms with Crippen LogP contribution in [-0.2, 0) is 9.59 Å². The van der Waals surface area contributed by atoms with Crippen LogP contribution in [0.4, 0.5) is 0 Å². The molecule has 1 aromatic carbocycles. The van der Waals surface area contributed by atoms with E-state index < -0.39 is 24.4 Å². The summed E-state index contributed by atoms with van der Waals surface area (Å²) >= 11 is 0. The van der Waals surface area contributed by atoms with Gasteiger partial charge in [0.05, 0.1) is 6.42 Å². The molecule has 0 bridgehead atoms. The lowest BCUT2D eigenvalue weighted by Gasteiger charge is -2.11. The molecule has 6 nitrogen and oxygen atoms in total. The standard InChI is InChI=1S/C10H11NO5/c12-9(13)6-8(11-15)10(14)16-7-4-2-1-3-5-7/h1-5,8,11,15H,6H2,(H,12,13)/t8-/m0/s1. The fourth-order valence-corrected chi connectivity index (χ4v) is 1.03. The van der Waals surface area contributed by atoms with Gasteiger partial charge < -0.3 is 15.1 Å². The number of nitrogens with one attached hydrogen (secondary N) is 1. The third kappa shape index (κ3) is 3.68. The highest BCUT2D eigenvalue weighted by molar-refractivity contribution is 5.83. The maximum absolute atomic E-state index is 11.4. The number of benzene rings is 1. The highest BCUT2D eigenvalue weighted by Gasteiger charge is 2.22. The Morgan fingerprint density at radius 1 is 1.31 bits per heavy atom. The fourth-order valence-electron chi connectivity index (χ4n) is 1.03. The summed E-state index contributed by atoms with van der Waals surface area (Å²) < 4.78 is 4.84. The second-order valence-corrected chi connectivity index (χ2v) is 3.01. The number of esters is 1. The monoisotopic (exact) mass is 225 g/mol. The van der Waals surface area contributed by atoms with Crippen LogP contribution in [0, 0.1) is 0 Å². The van der Waals surface area contributed by atoms with Gasteiger partial charge in [-0.15, -0.1) is 0 Å². The van der Waals surface area contributed by atoms with Gasteiger partial charge in [-0.2, -0.15) is 5.48 Å². The van der Waals surface area contributed by atoms with Crippen molar-refractivity contribution in [1.29, 1.82) is 0 Å². The highest BCUT2D eigenvalue weighted by Crippen LogP contribution is 2.09. The van der Waals surface area contributed by atoms with Crippen molar-refractivity contribution in [2.75, 3.05) is 0 Å². The summed E-state index contributed by atoms with van der Waals surface area (Å²) in [6, 6.07) is 6.90. The number of ether oxygens (including phenoxy) is 1. The minimum Gasteiger partial charge on any atom is -0.481 e. The molecule has 1 rings (SSSR count). The van der Waals surface area contributed by atoms with E-state index in [-0.39, 0.29) is 5.75 Å². The third-order valence-corrected chi connectivity index (χ3v) is 1.78. The molecule has 0 radical (unpaired) electrons. The summed E-state index contributed by atoms with van der Waals surface area (Å²) in [5.74, 6) is -1.77. The Labute approximate surface area is 91.4 Å². The topological polar surface area (TPSA) is 95.9 Å². The molecule has 0 heterocycles. The predicted molar refractivity (Wildman–Crippen MR) is 53.0 cm³/mol. The lowest BCUT2D eigenvalue weighted by atomic mass is 10.2. The largest absolute Gasteiger partial charge is 0.481 e. The average molecular weight is 225 g/mol. The summed E-state index contributed by atoms with van der Waals surface area (Å²) in [5.41, 5.74) is 1.60. The van der Waals surface area contributed by atoms with Crippen molar-refractivity contribution in [2.45, 2.75) is 12.5 Å². The Kier molecular flexibility index (Phi) is 4.43. The predicted octanol–water partition coefficient (Wildman–Crippen LogP) is 0.414. The second-order valence-electron chi connectivity index (χ2n) is 3.01. The van der Waals surface area contributed by atoms with E-state index in [0.29, 0.717) is 0 Å². The van der Waals surface area contributed by atoms with Crippen molar-refractivity contribution in [3.05, 3.63) is 30.3 Å². The van der Waals surface area contributed by atoms with Gasteiger partial charge in [0, 0.05) is 0 Å². The van der Waals surface area contributed by atoms with Gasteiger partial charge in [-0.3, -0.25) is 4.79 Å². The molecule has 0 spiro atoms. The van der Waals surface area contributed by atoms with Gasteiger partial charge in [0.2, 0.25) is 0 Å². The van der Waals surface area contributed by atoms with E-state index in [4.69, 9.17) is 15.1 Å². The third-order valence-electron chi connectivity index (χ3n) is 1.78. The first-order valence-corrected chi connectivity index (χ1v) is 4.51. The van der Waals surface area contributed by atoms with Crippen LogP contribution in [-0.4, -0.2) is 28.3 Å². The van der Waals surface area contributed by atoms with E-state index in [1.807, 2.05) is 0 Å². The smallest absolute Gasteiger partial charge is 0.331 e. The SMILES string of the molecule is O=C(O)C[C@H](NO)C(=O)Oc1ccccc1. The number of hydrogen-bond donors (Lipinski definition) is 3. The Balaban J connectivity index is 2.59. The molecule has 0 unspecified atom stereocenters. The zero-order valence-corrected chi connectivity index (χ0v) is 8.29. The molecular formula is C10H11NO5. The molecule has 3 N–H and O–H groups in total. The van der Waals surface area contributed by atoms with Gasteiger partial charge in [0.25, 0.3) is 0 Å². The van der Waals surface area contributed by atoms with Gasteiger partial charge in [0.15, 0.2) is 0 Å². The van der Waals surface area contributed by atoms with Crippen molar-refractivity contribution < 1.29 is 24.6 Å². The quantitative estimate of drug-likeness (QED) is 0.381. The number of hydroxylamine groups is 1. The van der Waals surface area contributed by atoms with Crippen LogP contribution in [0.15, 0.2) is 30.3 Å². The van der Waals surface area contributed by atoms with Crippen molar-refractivity contribution in [3.63, 3.8) is 0 Å². The molecule has 0 aromatic heterocycles. The summed E-state index contributed by atoms with van der Waals surface area (Å²) in [5, 5.41) is 17.1. The number of carboxylic acids is 1. The van der Waals surface area contributed by atoms with Crippen LogP contribution >= 0.6 is 0 Å². The number of carboxylic acid groups (broad SMARTS) is 1. The molecule has 0 fully saturated rings. The summed E-state index contributed by atoms with van der Waals surface area (Å²) in [6.45, 7) is 0. The Morgan fingerprint density at radius 2 is 1.94 bits per heavy atom. The van der Waals surface area contributed by atoms with E-state index in [9.17, 15) is 9.59 Å². The first-order chi connectivity index (χ1) is 7.63. The maximum atomic E-state index is 11.4. The van der Waals surface area contributed by atoms with E-state index in [0.717, 1.165) is 0 Å². The zero-order valence-electron chi connectivity index (χ0n) is 8.29. The number of para-hydroxylation sites is 1. The fraction of sp³-hybridized carbons (Fsp3) is 0.200. The van der Waals surface area contributed by atoms with Gasteiger partial charge in [-0.05, 0) is 12.1 Å².